The molecule has 0 saturated heterocycles. The summed E-state index contributed by atoms with van der Waals surface area (Å²) in [4.78, 5) is 23.4. The predicted molar refractivity (Wildman–Crippen MR) is 97.7 cm³/mol. The van der Waals surface area contributed by atoms with Gasteiger partial charge < -0.3 is 15.8 Å². The van der Waals surface area contributed by atoms with Gasteiger partial charge >= 0.3 is 5.97 Å². The van der Waals surface area contributed by atoms with Gasteiger partial charge in [-0.25, -0.2) is 8.42 Å². The van der Waals surface area contributed by atoms with Crippen LogP contribution in [-0.4, -0.2) is 39.7 Å². The Morgan fingerprint density at radius 1 is 1.19 bits per heavy atom. The number of carbonyl (C=O) groups is 2. The van der Waals surface area contributed by atoms with Crippen molar-refractivity contribution in [2.75, 3.05) is 19.4 Å². The highest BCUT2D eigenvalue weighted by Gasteiger charge is 2.31. The smallest absolute Gasteiger partial charge is 0.320 e. The van der Waals surface area contributed by atoms with E-state index in [4.69, 9.17) is 5.73 Å². The fraction of sp³-hybridized carbons (Fsp3) is 0.556. The number of sulfone groups is 1. The minimum Gasteiger partial charge on any atom is -0.468 e. The summed E-state index contributed by atoms with van der Waals surface area (Å²) < 4.78 is 28.2. The van der Waals surface area contributed by atoms with Gasteiger partial charge in [0.15, 0.2) is 9.84 Å². The lowest BCUT2D eigenvalue weighted by Gasteiger charge is -2.17. The molecule has 26 heavy (non-hydrogen) atoms. The van der Waals surface area contributed by atoms with Crippen molar-refractivity contribution in [2.24, 2.45) is 17.6 Å². The van der Waals surface area contributed by atoms with E-state index in [1.165, 1.54) is 0 Å². The molecular weight excluding hydrogens is 356 g/mol. The summed E-state index contributed by atoms with van der Waals surface area (Å²) >= 11 is 0. The average molecular weight is 382 g/mol. The number of hydrogen-bond donors (Lipinski definition) is 2. The Labute approximate surface area is 154 Å². The van der Waals surface area contributed by atoms with E-state index >= 15 is 0 Å². The molecule has 0 radical (unpaired) electrons. The van der Waals surface area contributed by atoms with Crippen LogP contribution in [-0.2, 0) is 36.5 Å². The molecule has 144 valence electrons. The van der Waals surface area contributed by atoms with Gasteiger partial charge in [0.1, 0.15) is 5.75 Å². The van der Waals surface area contributed by atoms with Crippen molar-refractivity contribution in [2.45, 2.75) is 31.6 Å². The summed E-state index contributed by atoms with van der Waals surface area (Å²) in [6, 6.07) is 6.93. The number of carbonyl (C=O) groups excluding carboxylic acids is 2. The maximum atomic E-state index is 12.3. The second-order valence-electron chi connectivity index (χ2n) is 6.68. The lowest BCUT2D eigenvalue weighted by molar-refractivity contribution is -0.137. The van der Waals surface area contributed by atoms with E-state index in [1.807, 2.05) is 0 Å². The molecule has 0 unspecified atom stereocenters. The third-order valence-corrected chi connectivity index (χ3v) is 6.19. The van der Waals surface area contributed by atoms with Gasteiger partial charge in [0.2, 0.25) is 5.91 Å². The Bertz CT molecular complexity index is 730. The first-order chi connectivity index (χ1) is 12.3. The molecule has 1 aromatic carbocycles. The van der Waals surface area contributed by atoms with Gasteiger partial charge in [-0.1, -0.05) is 30.7 Å². The minimum absolute atomic E-state index is 0.0114. The highest BCUT2D eigenvalue weighted by molar-refractivity contribution is 7.91. The molecule has 1 fully saturated rings. The number of rotatable bonds is 8. The molecule has 7 nitrogen and oxygen atoms in total. The van der Waals surface area contributed by atoms with E-state index in [-0.39, 0.29) is 23.5 Å². The minimum atomic E-state index is -3.56. The molecule has 0 aromatic heterocycles. The van der Waals surface area contributed by atoms with E-state index in [9.17, 15) is 18.0 Å². The monoisotopic (exact) mass is 382 g/mol. The quantitative estimate of drug-likeness (QED) is 0.642. The highest BCUT2D eigenvalue weighted by Crippen LogP contribution is 2.30. The van der Waals surface area contributed by atoms with Gasteiger partial charge in [-0.2, -0.15) is 0 Å². The van der Waals surface area contributed by atoms with E-state index in [0.717, 1.165) is 31.9 Å². The van der Waals surface area contributed by atoms with E-state index in [2.05, 4.69) is 10.1 Å². The first-order valence-electron chi connectivity index (χ1n) is 8.67. The predicted octanol–water partition coefficient (Wildman–Crippen LogP) is 0.766. The maximum absolute atomic E-state index is 12.3. The van der Waals surface area contributed by atoms with E-state index in [0.29, 0.717) is 18.7 Å². The molecule has 2 atom stereocenters. The number of hydrogen-bond acceptors (Lipinski definition) is 6. The Hall–Kier alpha value is -1.93. The normalized spacial score (nSPS) is 19.9. The number of nitrogens with two attached hydrogens (primary N) is 1. The molecule has 3 N–H and O–H groups in total. The van der Waals surface area contributed by atoms with Crippen molar-refractivity contribution in [3.8, 4) is 0 Å². The molecule has 1 aliphatic carbocycles. The summed E-state index contributed by atoms with van der Waals surface area (Å²) in [5, 5.41) is 2.93. The standard InChI is InChI=1S/C18H26N2O5S/c1-25-17(21)12-26(23,24)11-14-7-5-13(6-8-14)10-20-18(22)16-4-2-3-15(16)9-19/h5-8,15-16H,2-4,9-12,19H2,1H3,(H,20,22)/t15-,16-/m1/s1. The molecule has 0 aliphatic heterocycles. The topological polar surface area (TPSA) is 116 Å². The van der Waals surface area contributed by atoms with Crippen LogP contribution >= 0.6 is 0 Å². The van der Waals surface area contributed by atoms with Crippen LogP contribution in [0.15, 0.2) is 24.3 Å². The SMILES string of the molecule is COC(=O)CS(=O)(=O)Cc1ccc(CNC(=O)[C@@H]2CCC[C@@H]2CN)cc1. The molecule has 1 aromatic rings. The van der Waals surface area contributed by atoms with Crippen LogP contribution in [0.3, 0.4) is 0 Å². The van der Waals surface area contributed by atoms with Gasteiger partial charge in [0.05, 0.1) is 12.9 Å². The van der Waals surface area contributed by atoms with Crippen LogP contribution in [0.5, 0.6) is 0 Å². The number of nitrogens with one attached hydrogen (secondary N) is 1. The zero-order chi connectivity index (χ0) is 19.2. The van der Waals surface area contributed by atoms with Crippen LogP contribution < -0.4 is 11.1 Å². The highest BCUT2D eigenvalue weighted by atomic mass is 32.2. The largest absolute Gasteiger partial charge is 0.468 e. The Morgan fingerprint density at radius 3 is 2.46 bits per heavy atom. The number of benzene rings is 1. The van der Waals surface area contributed by atoms with Crippen LogP contribution in [0.25, 0.3) is 0 Å². The van der Waals surface area contributed by atoms with Gasteiger partial charge in [-0.05, 0) is 36.4 Å². The van der Waals surface area contributed by atoms with Crippen LogP contribution in [0.1, 0.15) is 30.4 Å². The number of esters is 1. The molecule has 1 saturated carbocycles. The number of ether oxygens (including phenoxy) is 1. The molecule has 8 heteroatoms. The molecule has 0 spiro atoms. The molecule has 2 rings (SSSR count). The third kappa shape index (κ3) is 5.81. The van der Waals surface area contributed by atoms with Gasteiger partial charge in [0.25, 0.3) is 0 Å². The second kappa shape index (κ2) is 9.14. The zero-order valence-electron chi connectivity index (χ0n) is 14.9. The first-order valence-corrected chi connectivity index (χ1v) is 10.5. The van der Waals surface area contributed by atoms with Crippen molar-refractivity contribution in [3.63, 3.8) is 0 Å². The van der Waals surface area contributed by atoms with Crippen molar-refractivity contribution < 1.29 is 22.7 Å². The molecule has 0 bridgehead atoms. The van der Waals surface area contributed by atoms with Crippen molar-refractivity contribution in [1.29, 1.82) is 0 Å². The summed E-state index contributed by atoms with van der Waals surface area (Å²) in [5.74, 6) is -1.35. The van der Waals surface area contributed by atoms with Gasteiger partial charge in [-0.3, -0.25) is 9.59 Å². The average Bonchev–Trinajstić information content (AvgIpc) is 3.08. The molecule has 1 aliphatic rings. The maximum Gasteiger partial charge on any atom is 0.320 e. The second-order valence-corrected chi connectivity index (χ2v) is 8.74. The van der Waals surface area contributed by atoms with Gasteiger partial charge in [-0.15, -0.1) is 0 Å². The summed E-state index contributed by atoms with van der Waals surface area (Å²) in [6.07, 6.45) is 2.92. The van der Waals surface area contributed by atoms with Crippen molar-refractivity contribution in [1.82, 2.24) is 5.32 Å². The first kappa shape index (κ1) is 20.4. The Kier molecular flexibility index (Phi) is 7.16. The summed E-state index contributed by atoms with van der Waals surface area (Å²) in [6.45, 7) is 0.925. The number of amides is 1. The molecule has 0 heterocycles. The van der Waals surface area contributed by atoms with Gasteiger partial charge in [0, 0.05) is 12.5 Å². The van der Waals surface area contributed by atoms with E-state index in [1.54, 1.807) is 24.3 Å². The van der Waals surface area contributed by atoms with Crippen LogP contribution in [0.2, 0.25) is 0 Å². The fourth-order valence-electron chi connectivity index (χ4n) is 3.28. The lowest BCUT2D eigenvalue weighted by atomic mass is 9.95. The van der Waals surface area contributed by atoms with Crippen molar-refractivity contribution >= 4 is 21.7 Å². The lowest BCUT2D eigenvalue weighted by Crippen LogP contribution is -2.34. The summed E-state index contributed by atoms with van der Waals surface area (Å²) in [7, 11) is -2.41. The summed E-state index contributed by atoms with van der Waals surface area (Å²) in [5.41, 5.74) is 7.19. The van der Waals surface area contributed by atoms with Crippen LogP contribution in [0.4, 0.5) is 0 Å². The Balaban J connectivity index is 1.87. The fourth-order valence-corrected chi connectivity index (χ4v) is 4.56. The number of methoxy groups -OCH3 is 1. The molecular formula is C18H26N2O5S. The van der Waals surface area contributed by atoms with Crippen molar-refractivity contribution in [3.05, 3.63) is 35.4 Å². The van der Waals surface area contributed by atoms with E-state index < -0.39 is 21.6 Å². The van der Waals surface area contributed by atoms with Crippen LogP contribution in [0, 0.1) is 11.8 Å². The third-order valence-electron chi connectivity index (χ3n) is 4.74. The Morgan fingerprint density at radius 2 is 1.85 bits per heavy atom. The zero-order valence-corrected chi connectivity index (χ0v) is 15.8. The molecule has 1 amide bonds.